The van der Waals surface area contributed by atoms with Crippen molar-refractivity contribution in [2.45, 2.75) is 18.6 Å². The number of benzene rings is 1. The van der Waals surface area contributed by atoms with E-state index in [-0.39, 0.29) is 16.9 Å². The molecule has 6 heteroatoms. The summed E-state index contributed by atoms with van der Waals surface area (Å²) in [4.78, 5) is 11.7. The minimum Gasteiger partial charge on any atom is -0.330 e. The summed E-state index contributed by atoms with van der Waals surface area (Å²) in [5, 5.41) is 2.66. The molecule has 0 spiro atoms. The summed E-state index contributed by atoms with van der Waals surface area (Å²) in [6, 6.07) is 7.28. The second-order valence-corrected chi connectivity index (χ2v) is 6.74. The number of rotatable bonds is 6. The van der Waals surface area contributed by atoms with E-state index in [4.69, 9.17) is 5.73 Å². The minimum atomic E-state index is -1.18. The lowest BCUT2D eigenvalue weighted by molar-refractivity contribution is -0.113. The molecule has 0 saturated carbocycles. The van der Waals surface area contributed by atoms with Crippen LogP contribution in [0.3, 0.4) is 0 Å². The molecule has 0 aliphatic rings. The van der Waals surface area contributed by atoms with Crippen LogP contribution in [0.15, 0.2) is 28.7 Å². The molecule has 0 aliphatic heterocycles. The van der Waals surface area contributed by atoms with Crippen LogP contribution in [0.1, 0.15) is 13.3 Å². The van der Waals surface area contributed by atoms with Gasteiger partial charge in [0.1, 0.15) is 5.75 Å². The van der Waals surface area contributed by atoms with Crippen molar-refractivity contribution >= 4 is 38.3 Å². The molecule has 0 aliphatic carbocycles. The average Bonchev–Trinajstić information content (AvgIpc) is 2.28. The Morgan fingerprint density at radius 3 is 2.89 bits per heavy atom. The summed E-state index contributed by atoms with van der Waals surface area (Å²) in [7, 11) is -1.18. The normalized spacial score (nSPS) is 13.9. The van der Waals surface area contributed by atoms with Gasteiger partial charge in [0.05, 0.1) is 0 Å². The third-order valence-electron chi connectivity index (χ3n) is 2.40. The van der Waals surface area contributed by atoms with Crippen LogP contribution in [-0.2, 0) is 15.6 Å². The van der Waals surface area contributed by atoms with E-state index in [9.17, 15) is 9.00 Å². The summed E-state index contributed by atoms with van der Waals surface area (Å²) in [6.45, 7) is 2.33. The van der Waals surface area contributed by atoms with E-state index in [1.807, 2.05) is 19.1 Å². The SMILES string of the molecule is CC(CCN)S(=O)CC(=O)Nc1cccc(Br)c1. The molecule has 1 aromatic rings. The molecule has 1 amide bonds. The topological polar surface area (TPSA) is 72.2 Å². The first-order valence-electron chi connectivity index (χ1n) is 5.65. The number of nitrogens with one attached hydrogen (secondary N) is 1. The molecule has 1 rings (SSSR count). The van der Waals surface area contributed by atoms with E-state index >= 15 is 0 Å². The first kappa shape index (κ1) is 15.3. The highest BCUT2D eigenvalue weighted by atomic mass is 79.9. The Bertz CT molecular complexity index is 440. The van der Waals surface area contributed by atoms with E-state index in [1.54, 1.807) is 12.1 Å². The van der Waals surface area contributed by atoms with Gasteiger partial charge < -0.3 is 11.1 Å². The summed E-state index contributed by atoms with van der Waals surface area (Å²) < 4.78 is 12.7. The van der Waals surface area contributed by atoms with Gasteiger partial charge in [-0.15, -0.1) is 0 Å². The number of carbonyl (C=O) groups excluding carboxylic acids is 1. The summed E-state index contributed by atoms with van der Waals surface area (Å²) in [6.07, 6.45) is 0.663. The molecule has 0 aromatic heterocycles. The van der Waals surface area contributed by atoms with Crippen molar-refractivity contribution < 1.29 is 9.00 Å². The average molecular weight is 333 g/mol. The van der Waals surface area contributed by atoms with E-state index in [0.29, 0.717) is 18.7 Å². The standard InChI is InChI=1S/C12H17BrN2O2S/c1-9(5-6-14)18(17)8-12(16)15-11-4-2-3-10(13)7-11/h2-4,7,9H,5-6,8,14H2,1H3,(H,15,16). The van der Waals surface area contributed by atoms with E-state index < -0.39 is 10.8 Å². The van der Waals surface area contributed by atoms with Crippen LogP contribution in [0.5, 0.6) is 0 Å². The van der Waals surface area contributed by atoms with Crippen LogP contribution in [0.25, 0.3) is 0 Å². The number of hydrogen-bond donors (Lipinski definition) is 2. The number of hydrogen-bond acceptors (Lipinski definition) is 3. The zero-order chi connectivity index (χ0) is 13.5. The third-order valence-corrected chi connectivity index (χ3v) is 4.58. The number of anilines is 1. The first-order valence-corrected chi connectivity index (χ1v) is 7.83. The predicted octanol–water partition coefficient (Wildman–Crippen LogP) is 1.87. The van der Waals surface area contributed by atoms with Crippen LogP contribution < -0.4 is 11.1 Å². The van der Waals surface area contributed by atoms with E-state index in [0.717, 1.165) is 4.47 Å². The Morgan fingerprint density at radius 1 is 1.56 bits per heavy atom. The molecule has 0 bridgehead atoms. The zero-order valence-electron chi connectivity index (χ0n) is 10.2. The quantitative estimate of drug-likeness (QED) is 0.835. The lowest BCUT2D eigenvalue weighted by atomic mass is 10.3. The maximum absolute atomic E-state index is 11.8. The van der Waals surface area contributed by atoms with Crippen LogP contribution in [-0.4, -0.2) is 27.7 Å². The largest absolute Gasteiger partial charge is 0.330 e. The predicted molar refractivity (Wildman–Crippen MR) is 78.9 cm³/mol. The second-order valence-electron chi connectivity index (χ2n) is 3.97. The van der Waals surface area contributed by atoms with Crippen molar-refractivity contribution in [1.29, 1.82) is 0 Å². The molecule has 2 unspecified atom stereocenters. The Balaban J connectivity index is 2.49. The Labute approximate surface area is 118 Å². The maximum Gasteiger partial charge on any atom is 0.237 e. The Morgan fingerprint density at radius 2 is 2.28 bits per heavy atom. The fourth-order valence-electron chi connectivity index (χ4n) is 1.40. The molecule has 3 N–H and O–H groups in total. The van der Waals surface area contributed by atoms with Crippen LogP contribution >= 0.6 is 15.9 Å². The van der Waals surface area contributed by atoms with Crippen LogP contribution in [0.2, 0.25) is 0 Å². The van der Waals surface area contributed by atoms with Crippen molar-refractivity contribution in [3.8, 4) is 0 Å². The lowest BCUT2D eigenvalue weighted by Gasteiger charge is -2.10. The summed E-state index contributed by atoms with van der Waals surface area (Å²) >= 11 is 3.32. The van der Waals surface area contributed by atoms with Gasteiger partial charge in [0, 0.05) is 26.2 Å². The van der Waals surface area contributed by atoms with Gasteiger partial charge in [0.15, 0.2) is 0 Å². The monoisotopic (exact) mass is 332 g/mol. The van der Waals surface area contributed by atoms with Crippen molar-refractivity contribution in [1.82, 2.24) is 0 Å². The van der Waals surface area contributed by atoms with Gasteiger partial charge in [-0.05, 0) is 31.2 Å². The summed E-state index contributed by atoms with van der Waals surface area (Å²) in [5.41, 5.74) is 6.09. The number of carbonyl (C=O) groups is 1. The molecule has 4 nitrogen and oxygen atoms in total. The Hall–Kier alpha value is -0.720. The van der Waals surface area contributed by atoms with Gasteiger partial charge in [-0.1, -0.05) is 28.9 Å². The van der Waals surface area contributed by atoms with Crippen molar-refractivity contribution in [3.63, 3.8) is 0 Å². The summed E-state index contributed by atoms with van der Waals surface area (Å²) in [5.74, 6) is -0.233. The number of halogens is 1. The van der Waals surface area contributed by atoms with Crippen molar-refractivity contribution in [3.05, 3.63) is 28.7 Å². The van der Waals surface area contributed by atoms with Gasteiger partial charge in [-0.3, -0.25) is 9.00 Å². The fourth-order valence-corrected chi connectivity index (χ4v) is 2.81. The van der Waals surface area contributed by atoms with E-state index in [1.165, 1.54) is 0 Å². The maximum atomic E-state index is 11.8. The first-order chi connectivity index (χ1) is 8.52. The smallest absolute Gasteiger partial charge is 0.237 e. The lowest BCUT2D eigenvalue weighted by Crippen LogP contribution is -2.26. The molecular weight excluding hydrogens is 316 g/mol. The second kappa shape index (κ2) is 7.66. The van der Waals surface area contributed by atoms with E-state index in [2.05, 4.69) is 21.2 Å². The molecule has 0 fully saturated rings. The van der Waals surface area contributed by atoms with Crippen molar-refractivity contribution in [2.24, 2.45) is 5.73 Å². The zero-order valence-corrected chi connectivity index (χ0v) is 12.6. The van der Waals surface area contributed by atoms with Gasteiger partial charge in [0.25, 0.3) is 0 Å². The number of nitrogens with two attached hydrogens (primary N) is 1. The Kier molecular flexibility index (Phi) is 6.52. The van der Waals surface area contributed by atoms with Crippen LogP contribution in [0, 0.1) is 0 Å². The molecule has 0 heterocycles. The van der Waals surface area contributed by atoms with Crippen molar-refractivity contribution in [2.75, 3.05) is 17.6 Å². The van der Waals surface area contributed by atoms with Crippen LogP contribution in [0.4, 0.5) is 5.69 Å². The highest BCUT2D eigenvalue weighted by Crippen LogP contribution is 2.15. The number of amides is 1. The molecule has 18 heavy (non-hydrogen) atoms. The molecule has 1 aromatic carbocycles. The molecule has 2 atom stereocenters. The van der Waals surface area contributed by atoms with Gasteiger partial charge in [-0.2, -0.15) is 0 Å². The molecular formula is C12H17BrN2O2S. The van der Waals surface area contributed by atoms with Gasteiger partial charge in [0.2, 0.25) is 5.91 Å². The highest BCUT2D eigenvalue weighted by Gasteiger charge is 2.14. The van der Waals surface area contributed by atoms with Gasteiger partial charge >= 0.3 is 0 Å². The minimum absolute atomic E-state index is 0.00762. The van der Waals surface area contributed by atoms with Gasteiger partial charge in [-0.25, -0.2) is 0 Å². The highest BCUT2D eigenvalue weighted by molar-refractivity contribution is 9.10. The molecule has 0 saturated heterocycles. The molecule has 100 valence electrons. The fraction of sp³-hybridized carbons (Fsp3) is 0.417. The molecule has 0 radical (unpaired) electrons. The third kappa shape index (κ3) is 5.29.